The van der Waals surface area contributed by atoms with Crippen molar-refractivity contribution >= 4 is 33.0 Å². The molecule has 0 saturated carbocycles. The Kier molecular flexibility index (Phi) is 3.51. The molecule has 0 N–H and O–H groups in total. The molecular weight excluding hydrogens is 286 g/mol. The lowest BCUT2D eigenvalue weighted by Crippen LogP contribution is -1.94. The first-order chi connectivity index (χ1) is 7.66. The van der Waals surface area contributed by atoms with E-state index in [1.54, 1.807) is 0 Å². The van der Waals surface area contributed by atoms with Gasteiger partial charge in [0.25, 0.3) is 0 Å². The number of benzene rings is 1. The van der Waals surface area contributed by atoms with Crippen LogP contribution in [0, 0.1) is 0 Å². The van der Waals surface area contributed by atoms with Crippen molar-refractivity contribution in [3.05, 3.63) is 50.4 Å². The minimum Gasteiger partial charge on any atom is -0.293 e. The van der Waals surface area contributed by atoms with E-state index in [9.17, 15) is 4.79 Å². The molecule has 0 atom stereocenters. The van der Waals surface area contributed by atoms with Gasteiger partial charge in [0.1, 0.15) is 5.69 Å². The van der Waals surface area contributed by atoms with Crippen LogP contribution in [0.25, 0.3) is 0 Å². The van der Waals surface area contributed by atoms with Gasteiger partial charge in [0.2, 0.25) is 0 Å². The van der Waals surface area contributed by atoms with E-state index in [-0.39, 0.29) is 5.78 Å². The Hall–Kier alpha value is -1.000. The Morgan fingerprint density at radius 2 is 2.19 bits per heavy atom. The minimum absolute atomic E-state index is 0.0228. The van der Waals surface area contributed by atoms with E-state index < -0.39 is 0 Å². The number of aromatic nitrogens is 1. The van der Waals surface area contributed by atoms with Crippen LogP contribution in [-0.4, -0.2) is 10.8 Å². The molecule has 1 aromatic heterocycles. The van der Waals surface area contributed by atoms with Crippen molar-refractivity contribution in [1.29, 1.82) is 0 Å². The summed E-state index contributed by atoms with van der Waals surface area (Å²) >= 11 is 5.03. The quantitative estimate of drug-likeness (QED) is 0.808. The summed E-state index contributed by atoms with van der Waals surface area (Å²) in [5.41, 5.74) is 1.75. The number of rotatable bonds is 3. The van der Waals surface area contributed by atoms with Crippen LogP contribution in [-0.2, 0) is 6.42 Å². The van der Waals surface area contributed by atoms with Crippen molar-refractivity contribution < 1.29 is 4.79 Å². The molecule has 0 aliphatic rings. The van der Waals surface area contributed by atoms with Gasteiger partial charge in [-0.05, 0) is 11.6 Å². The highest BCUT2D eigenvalue weighted by Crippen LogP contribution is 2.21. The van der Waals surface area contributed by atoms with Crippen molar-refractivity contribution in [2.24, 2.45) is 0 Å². The van der Waals surface area contributed by atoms with E-state index >= 15 is 0 Å². The zero-order chi connectivity index (χ0) is 11.5. The summed E-state index contributed by atoms with van der Waals surface area (Å²) < 4.78 is 1.08. The van der Waals surface area contributed by atoms with Crippen LogP contribution >= 0.6 is 27.3 Å². The predicted octanol–water partition coefficient (Wildman–Crippen LogP) is 3.70. The van der Waals surface area contributed by atoms with E-state index in [1.165, 1.54) is 23.8 Å². The third kappa shape index (κ3) is 2.57. The maximum atomic E-state index is 11.1. The molecule has 0 amide bonds. The molecule has 1 aromatic carbocycles. The SMILES string of the molecule is CC(=O)c1csc(Cc2ccccc2Br)n1. The van der Waals surface area contributed by atoms with Gasteiger partial charge in [-0.3, -0.25) is 4.79 Å². The molecule has 0 radical (unpaired) electrons. The summed E-state index contributed by atoms with van der Waals surface area (Å²) in [6.07, 6.45) is 0.763. The smallest absolute Gasteiger partial charge is 0.178 e. The zero-order valence-electron chi connectivity index (χ0n) is 8.74. The normalized spacial score (nSPS) is 10.4. The van der Waals surface area contributed by atoms with Crippen molar-refractivity contribution in [2.45, 2.75) is 13.3 Å². The second-order valence-corrected chi connectivity index (χ2v) is 5.25. The van der Waals surface area contributed by atoms with Crippen molar-refractivity contribution in [3.63, 3.8) is 0 Å². The summed E-state index contributed by atoms with van der Waals surface area (Å²) in [4.78, 5) is 15.4. The third-order valence-electron chi connectivity index (χ3n) is 2.21. The largest absolute Gasteiger partial charge is 0.293 e. The highest BCUT2D eigenvalue weighted by molar-refractivity contribution is 9.10. The fourth-order valence-corrected chi connectivity index (χ4v) is 2.64. The lowest BCUT2D eigenvalue weighted by molar-refractivity contribution is 0.101. The third-order valence-corrected chi connectivity index (χ3v) is 3.83. The zero-order valence-corrected chi connectivity index (χ0v) is 11.1. The molecule has 0 aliphatic heterocycles. The lowest BCUT2D eigenvalue weighted by atomic mass is 10.2. The van der Waals surface area contributed by atoms with E-state index in [0.717, 1.165) is 15.9 Å². The van der Waals surface area contributed by atoms with Crippen molar-refractivity contribution in [2.75, 3.05) is 0 Å². The number of halogens is 1. The van der Waals surface area contributed by atoms with Gasteiger partial charge in [-0.15, -0.1) is 11.3 Å². The fourth-order valence-electron chi connectivity index (χ4n) is 1.36. The molecule has 16 heavy (non-hydrogen) atoms. The molecule has 1 heterocycles. The average molecular weight is 296 g/mol. The Morgan fingerprint density at radius 3 is 2.81 bits per heavy atom. The number of ketones is 1. The molecule has 0 fully saturated rings. The van der Waals surface area contributed by atoms with Gasteiger partial charge in [0.15, 0.2) is 5.78 Å². The molecular formula is C12H10BrNOS. The summed E-state index contributed by atoms with van der Waals surface area (Å²) in [5.74, 6) is 0.0228. The monoisotopic (exact) mass is 295 g/mol. The second-order valence-electron chi connectivity index (χ2n) is 3.45. The number of carbonyl (C=O) groups is 1. The van der Waals surface area contributed by atoms with Crippen LogP contribution < -0.4 is 0 Å². The van der Waals surface area contributed by atoms with Crippen molar-refractivity contribution in [3.8, 4) is 0 Å². The number of hydrogen-bond donors (Lipinski definition) is 0. The summed E-state index contributed by atoms with van der Waals surface area (Å²) in [5, 5.41) is 2.78. The van der Waals surface area contributed by atoms with E-state index in [0.29, 0.717) is 5.69 Å². The maximum Gasteiger partial charge on any atom is 0.178 e. The standard InChI is InChI=1S/C12H10BrNOS/c1-8(15)11-7-16-12(14-11)6-9-4-2-3-5-10(9)13/h2-5,7H,6H2,1H3. The Bertz CT molecular complexity index is 521. The Labute approximate surface area is 106 Å². The molecule has 0 unspecified atom stereocenters. The number of hydrogen-bond acceptors (Lipinski definition) is 3. The summed E-state index contributed by atoms with van der Waals surface area (Å²) in [7, 11) is 0. The topological polar surface area (TPSA) is 30.0 Å². The van der Waals surface area contributed by atoms with Gasteiger partial charge in [-0.1, -0.05) is 34.1 Å². The van der Waals surface area contributed by atoms with Gasteiger partial charge >= 0.3 is 0 Å². The highest BCUT2D eigenvalue weighted by Gasteiger charge is 2.07. The summed E-state index contributed by atoms with van der Waals surface area (Å²) in [6.45, 7) is 1.54. The predicted molar refractivity (Wildman–Crippen MR) is 69.1 cm³/mol. The molecule has 82 valence electrons. The summed E-state index contributed by atoms with van der Waals surface area (Å²) in [6, 6.07) is 8.05. The Morgan fingerprint density at radius 1 is 1.44 bits per heavy atom. The van der Waals surface area contributed by atoms with Gasteiger partial charge in [-0.25, -0.2) is 4.98 Å². The molecule has 2 nitrogen and oxygen atoms in total. The van der Waals surface area contributed by atoms with Crippen LogP contribution in [0.5, 0.6) is 0 Å². The van der Waals surface area contributed by atoms with Crippen LogP contribution in [0.2, 0.25) is 0 Å². The van der Waals surface area contributed by atoms with E-state index in [1.807, 2.05) is 23.6 Å². The maximum absolute atomic E-state index is 11.1. The average Bonchev–Trinajstić information content (AvgIpc) is 2.70. The fraction of sp³-hybridized carbons (Fsp3) is 0.167. The molecule has 0 spiro atoms. The van der Waals surface area contributed by atoms with Crippen LogP contribution in [0.15, 0.2) is 34.1 Å². The molecule has 0 aliphatic carbocycles. The van der Waals surface area contributed by atoms with E-state index in [2.05, 4.69) is 27.0 Å². The molecule has 0 saturated heterocycles. The molecule has 4 heteroatoms. The van der Waals surface area contributed by atoms with Crippen LogP contribution in [0.1, 0.15) is 28.0 Å². The minimum atomic E-state index is 0.0228. The number of Topliss-reactive ketones (excluding diaryl/α,β-unsaturated/α-hetero) is 1. The molecule has 2 rings (SSSR count). The van der Waals surface area contributed by atoms with Crippen LogP contribution in [0.3, 0.4) is 0 Å². The Balaban J connectivity index is 2.21. The van der Waals surface area contributed by atoms with Gasteiger partial charge in [0, 0.05) is 23.2 Å². The van der Waals surface area contributed by atoms with E-state index in [4.69, 9.17) is 0 Å². The first-order valence-electron chi connectivity index (χ1n) is 4.85. The molecule has 2 aromatic rings. The van der Waals surface area contributed by atoms with Crippen molar-refractivity contribution in [1.82, 2.24) is 4.98 Å². The number of thiazole rings is 1. The van der Waals surface area contributed by atoms with Crippen LogP contribution in [0.4, 0.5) is 0 Å². The van der Waals surface area contributed by atoms with Gasteiger partial charge in [-0.2, -0.15) is 0 Å². The highest BCUT2D eigenvalue weighted by atomic mass is 79.9. The first-order valence-corrected chi connectivity index (χ1v) is 6.53. The second kappa shape index (κ2) is 4.89. The lowest BCUT2D eigenvalue weighted by Gasteiger charge is -2.00. The van der Waals surface area contributed by atoms with Gasteiger partial charge < -0.3 is 0 Å². The molecule has 0 bridgehead atoms. The first kappa shape index (κ1) is 11.5. The van der Waals surface area contributed by atoms with Gasteiger partial charge in [0.05, 0.1) is 5.01 Å². The number of nitrogens with zero attached hydrogens (tertiary/aromatic N) is 1. The number of carbonyl (C=O) groups excluding carboxylic acids is 1.